The maximum Gasteiger partial charge on any atom is 0.241 e. The second-order valence-corrected chi connectivity index (χ2v) is 6.71. The largest absolute Gasteiger partial charge is 0.309 e. The fraction of sp³-hybridized carbons (Fsp3) is 0.562. The van der Waals surface area contributed by atoms with E-state index < -0.39 is 0 Å². The molecule has 21 heavy (non-hydrogen) atoms. The van der Waals surface area contributed by atoms with E-state index in [9.17, 15) is 4.79 Å². The average Bonchev–Trinajstić information content (AvgIpc) is 2.55. The molecule has 2 aliphatic rings. The SMILES string of the molecule is CCN1CCN(CC(=O)N2CCSc3ccccc32)CC1. The molecule has 0 bridgehead atoms. The van der Waals surface area contributed by atoms with Gasteiger partial charge >= 0.3 is 0 Å². The van der Waals surface area contributed by atoms with Gasteiger partial charge in [0.1, 0.15) is 0 Å². The summed E-state index contributed by atoms with van der Waals surface area (Å²) in [5, 5.41) is 0. The molecule has 0 atom stereocenters. The van der Waals surface area contributed by atoms with Crippen LogP contribution < -0.4 is 4.90 Å². The van der Waals surface area contributed by atoms with E-state index in [1.807, 2.05) is 28.8 Å². The third-order valence-electron chi connectivity index (χ3n) is 4.30. The fourth-order valence-corrected chi connectivity index (χ4v) is 3.96. The van der Waals surface area contributed by atoms with E-state index in [2.05, 4.69) is 28.9 Å². The summed E-state index contributed by atoms with van der Waals surface area (Å²) in [5.41, 5.74) is 1.09. The highest BCUT2D eigenvalue weighted by Gasteiger charge is 2.25. The van der Waals surface area contributed by atoms with Crippen LogP contribution in [0.2, 0.25) is 0 Å². The summed E-state index contributed by atoms with van der Waals surface area (Å²) in [4.78, 5) is 20.6. The Kier molecular flexibility index (Phi) is 4.83. The van der Waals surface area contributed by atoms with Gasteiger partial charge < -0.3 is 9.80 Å². The minimum absolute atomic E-state index is 0.243. The molecular formula is C16H23N3OS. The number of piperazine rings is 1. The minimum atomic E-state index is 0.243. The average molecular weight is 305 g/mol. The van der Waals surface area contributed by atoms with Gasteiger partial charge in [0.15, 0.2) is 0 Å². The first kappa shape index (κ1) is 14.9. The first-order valence-electron chi connectivity index (χ1n) is 7.75. The van der Waals surface area contributed by atoms with Crippen LogP contribution in [0, 0.1) is 0 Å². The molecule has 3 rings (SSSR count). The van der Waals surface area contributed by atoms with Crippen molar-refractivity contribution < 1.29 is 4.79 Å². The number of likely N-dealkylation sites (N-methyl/N-ethyl adjacent to an activating group) is 1. The Morgan fingerprint density at radius 1 is 1.10 bits per heavy atom. The van der Waals surface area contributed by atoms with Crippen molar-refractivity contribution >= 4 is 23.4 Å². The Bertz CT molecular complexity index is 500. The number of anilines is 1. The molecule has 1 saturated heterocycles. The fourth-order valence-electron chi connectivity index (χ4n) is 2.97. The molecule has 5 heteroatoms. The summed E-state index contributed by atoms with van der Waals surface area (Å²) in [5.74, 6) is 1.24. The van der Waals surface area contributed by atoms with Gasteiger partial charge in [-0.1, -0.05) is 19.1 Å². The van der Waals surface area contributed by atoms with E-state index in [1.54, 1.807) is 0 Å². The van der Waals surface area contributed by atoms with Gasteiger partial charge in [-0.05, 0) is 18.7 Å². The molecule has 114 valence electrons. The molecular weight excluding hydrogens is 282 g/mol. The molecule has 2 heterocycles. The van der Waals surface area contributed by atoms with Crippen molar-refractivity contribution in [3.8, 4) is 0 Å². The van der Waals surface area contributed by atoms with Gasteiger partial charge in [-0.15, -0.1) is 11.8 Å². The third-order valence-corrected chi connectivity index (χ3v) is 5.34. The van der Waals surface area contributed by atoms with Crippen molar-refractivity contribution in [2.75, 3.05) is 56.5 Å². The molecule has 0 unspecified atom stereocenters. The van der Waals surface area contributed by atoms with Crippen LogP contribution in [0.15, 0.2) is 29.2 Å². The van der Waals surface area contributed by atoms with Crippen molar-refractivity contribution in [3.05, 3.63) is 24.3 Å². The second-order valence-electron chi connectivity index (χ2n) is 5.57. The van der Waals surface area contributed by atoms with Gasteiger partial charge in [-0.25, -0.2) is 0 Å². The molecule has 0 spiro atoms. The number of rotatable bonds is 3. The number of amides is 1. The summed E-state index contributed by atoms with van der Waals surface area (Å²) < 4.78 is 0. The maximum absolute atomic E-state index is 12.6. The zero-order valence-electron chi connectivity index (χ0n) is 12.6. The van der Waals surface area contributed by atoms with Gasteiger partial charge in [-0.3, -0.25) is 9.69 Å². The molecule has 4 nitrogen and oxygen atoms in total. The Morgan fingerprint density at radius 3 is 2.57 bits per heavy atom. The lowest BCUT2D eigenvalue weighted by atomic mass is 10.2. The van der Waals surface area contributed by atoms with Crippen LogP contribution in [0.5, 0.6) is 0 Å². The number of nitrogens with zero attached hydrogens (tertiary/aromatic N) is 3. The number of hydrogen-bond acceptors (Lipinski definition) is 4. The first-order valence-corrected chi connectivity index (χ1v) is 8.73. The number of fused-ring (bicyclic) bond motifs is 1. The second kappa shape index (κ2) is 6.81. The van der Waals surface area contributed by atoms with E-state index in [0.29, 0.717) is 6.54 Å². The van der Waals surface area contributed by atoms with E-state index in [1.165, 1.54) is 4.90 Å². The van der Waals surface area contributed by atoms with Crippen molar-refractivity contribution in [2.45, 2.75) is 11.8 Å². The molecule has 1 aromatic rings. The molecule has 1 fully saturated rings. The van der Waals surface area contributed by atoms with Crippen LogP contribution in [0.25, 0.3) is 0 Å². The Labute approximate surface area is 131 Å². The molecule has 1 aromatic carbocycles. The van der Waals surface area contributed by atoms with Crippen LogP contribution in [0.1, 0.15) is 6.92 Å². The molecule has 0 N–H and O–H groups in total. The van der Waals surface area contributed by atoms with Crippen LogP contribution in [-0.2, 0) is 4.79 Å². The third kappa shape index (κ3) is 3.42. The van der Waals surface area contributed by atoms with Crippen molar-refractivity contribution in [3.63, 3.8) is 0 Å². The first-order chi connectivity index (χ1) is 10.3. The molecule has 0 saturated carbocycles. The lowest BCUT2D eigenvalue weighted by Gasteiger charge is -2.35. The summed E-state index contributed by atoms with van der Waals surface area (Å²) in [6, 6.07) is 8.24. The van der Waals surface area contributed by atoms with Crippen LogP contribution >= 0.6 is 11.8 Å². The molecule has 1 amide bonds. The van der Waals surface area contributed by atoms with E-state index in [0.717, 1.165) is 50.7 Å². The quantitative estimate of drug-likeness (QED) is 0.850. The lowest BCUT2D eigenvalue weighted by Crippen LogP contribution is -2.50. The van der Waals surface area contributed by atoms with Crippen molar-refractivity contribution in [1.29, 1.82) is 0 Å². The van der Waals surface area contributed by atoms with Crippen molar-refractivity contribution in [2.24, 2.45) is 0 Å². The zero-order valence-corrected chi connectivity index (χ0v) is 13.4. The predicted octanol–water partition coefficient (Wildman–Crippen LogP) is 1.76. The smallest absolute Gasteiger partial charge is 0.241 e. The van der Waals surface area contributed by atoms with Gasteiger partial charge in [-0.2, -0.15) is 0 Å². The number of thioether (sulfide) groups is 1. The van der Waals surface area contributed by atoms with Crippen LogP contribution in [0.4, 0.5) is 5.69 Å². The van der Waals surface area contributed by atoms with Gasteiger partial charge in [0.2, 0.25) is 5.91 Å². The summed E-state index contributed by atoms with van der Waals surface area (Å²) in [7, 11) is 0. The molecule has 2 aliphatic heterocycles. The summed E-state index contributed by atoms with van der Waals surface area (Å²) in [6.07, 6.45) is 0. The highest BCUT2D eigenvalue weighted by Crippen LogP contribution is 2.34. The van der Waals surface area contributed by atoms with Crippen LogP contribution in [0.3, 0.4) is 0 Å². The van der Waals surface area contributed by atoms with E-state index in [4.69, 9.17) is 0 Å². The Hall–Kier alpha value is -1.04. The number of benzene rings is 1. The summed E-state index contributed by atoms with van der Waals surface area (Å²) in [6.45, 7) is 8.85. The van der Waals surface area contributed by atoms with Gasteiger partial charge in [0, 0.05) is 43.4 Å². The molecule has 0 aromatic heterocycles. The number of hydrogen-bond donors (Lipinski definition) is 0. The Morgan fingerprint density at radius 2 is 1.81 bits per heavy atom. The normalized spacial score (nSPS) is 20.3. The zero-order chi connectivity index (χ0) is 14.7. The predicted molar refractivity (Wildman–Crippen MR) is 88.1 cm³/mol. The molecule has 0 aliphatic carbocycles. The maximum atomic E-state index is 12.6. The number of carbonyl (C=O) groups is 1. The van der Waals surface area contributed by atoms with Gasteiger partial charge in [0.05, 0.1) is 12.2 Å². The minimum Gasteiger partial charge on any atom is -0.309 e. The van der Waals surface area contributed by atoms with Gasteiger partial charge in [0.25, 0.3) is 0 Å². The van der Waals surface area contributed by atoms with E-state index >= 15 is 0 Å². The standard InChI is InChI=1S/C16H23N3OS/c1-2-17-7-9-18(10-8-17)13-16(20)19-11-12-21-15-6-4-3-5-14(15)19/h3-6H,2,7-13H2,1H3. The topological polar surface area (TPSA) is 26.8 Å². The van der Waals surface area contributed by atoms with E-state index in [-0.39, 0.29) is 5.91 Å². The monoisotopic (exact) mass is 305 g/mol. The Balaban J connectivity index is 1.62. The highest BCUT2D eigenvalue weighted by atomic mass is 32.2. The summed E-state index contributed by atoms with van der Waals surface area (Å²) >= 11 is 1.85. The number of para-hydroxylation sites is 1. The van der Waals surface area contributed by atoms with Crippen molar-refractivity contribution in [1.82, 2.24) is 9.80 Å². The lowest BCUT2D eigenvalue weighted by molar-refractivity contribution is -0.120. The van der Waals surface area contributed by atoms with Crippen LogP contribution in [-0.4, -0.2) is 67.3 Å². The molecule has 0 radical (unpaired) electrons. The number of carbonyl (C=O) groups excluding carboxylic acids is 1. The highest BCUT2D eigenvalue weighted by molar-refractivity contribution is 7.99.